The van der Waals surface area contributed by atoms with Gasteiger partial charge in [0.05, 0.1) is 17.1 Å². The molecule has 0 amide bonds. The Bertz CT molecular complexity index is 1400. The van der Waals surface area contributed by atoms with Crippen LogP contribution in [0.2, 0.25) is 0 Å². The average Bonchev–Trinajstić information content (AvgIpc) is 2.77. The van der Waals surface area contributed by atoms with Crippen LogP contribution in [-0.4, -0.2) is 21.0 Å². The fourth-order valence-electron chi connectivity index (χ4n) is 3.69. The molecule has 1 atom stereocenters. The topological polar surface area (TPSA) is 105 Å². The van der Waals surface area contributed by atoms with E-state index in [-0.39, 0.29) is 11.1 Å². The number of anilines is 1. The van der Waals surface area contributed by atoms with Crippen molar-refractivity contribution in [1.29, 1.82) is 0 Å². The lowest BCUT2D eigenvalue weighted by Gasteiger charge is -2.19. The number of carboxylic acids is 1. The van der Waals surface area contributed by atoms with Crippen LogP contribution in [0.4, 0.5) is 10.1 Å². The number of pyridine rings is 2. The van der Waals surface area contributed by atoms with Crippen LogP contribution in [0.15, 0.2) is 58.0 Å². The van der Waals surface area contributed by atoms with Crippen LogP contribution in [-0.2, 0) is 0 Å². The van der Waals surface area contributed by atoms with Crippen molar-refractivity contribution in [3.05, 3.63) is 87.3 Å². The molecule has 2 N–H and O–H groups in total. The summed E-state index contributed by atoms with van der Waals surface area (Å²) in [6.07, 6.45) is 3.26. The van der Waals surface area contributed by atoms with Crippen LogP contribution in [0.5, 0.6) is 0 Å². The fourth-order valence-corrected chi connectivity index (χ4v) is 3.69. The van der Waals surface area contributed by atoms with Crippen molar-refractivity contribution >= 4 is 22.6 Å². The molecule has 0 fully saturated rings. The minimum absolute atomic E-state index is 0.156. The molecule has 0 saturated carbocycles. The third-order valence-corrected chi connectivity index (χ3v) is 5.22. The summed E-state index contributed by atoms with van der Waals surface area (Å²) < 4.78 is 19.7. The summed E-state index contributed by atoms with van der Waals surface area (Å²) in [6.45, 7) is 5.37. The number of nitrogens with zero attached hydrogens (tertiary/aromatic N) is 2. The Morgan fingerprint density at radius 2 is 2.00 bits per heavy atom. The van der Waals surface area contributed by atoms with E-state index in [9.17, 15) is 19.1 Å². The van der Waals surface area contributed by atoms with Gasteiger partial charge in [-0.25, -0.2) is 9.78 Å². The zero-order valence-electron chi connectivity index (χ0n) is 17.6. The lowest BCUT2D eigenvalue weighted by atomic mass is 9.99. The van der Waals surface area contributed by atoms with Crippen molar-refractivity contribution in [1.82, 2.24) is 9.97 Å². The Morgan fingerprint density at radius 1 is 1.22 bits per heavy atom. The molecule has 32 heavy (non-hydrogen) atoms. The van der Waals surface area contributed by atoms with E-state index in [0.29, 0.717) is 33.4 Å². The predicted molar refractivity (Wildman–Crippen MR) is 118 cm³/mol. The van der Waals surface area contributed by atoms with Crippen molar-refractivity contribution in [2.45, 2.75) is 26.8 Å². The molecule has 0 spiro atoms. The predicted octanol–water partition coefficient (Wildman–Crippen LogP) is 4.88. The first kappa shape index (κ1) is 21.2. The van der Waals surface area contributed by atoms with Gasteiger partial charge in [0.25, 0.3) is 0 Å². The number of aryl methyl sites for hydroxylation is 1. The van der Waals surface area contributed by atoms with Crippen molar-refractivity contribution in [3.63, 3.8) is 0 Å². The molecular weight excluding hydrogens is 413 g/mol. The molecule has 4 aromatic rings. The van der Waals surface area contributed by atoms with Crippen LogP contribution in [0.25, 0.3) is 22.3 Å². The number of aromatic nitrogens is 2. The van der Waals surface area contributed by atoms with Crippen LogP contribution in [0.1, 0.15) is 40.1 Å². The highest BCUT2D eigenvalue weighted by atomic mass is 19.1. The van der Waals surface area contributed by atoms with Gasteiger partial charge in [0.2, 0.25) is 5.95 Å². The van der Waals surface area contributed by atoms with E-state index >= 15 is 0 Å². The standard InChI is InChI=1S/C24H20FN3O4/c1-12-9-16(14(3)27-18-6-7-19(25)28-20(18)24(30)31)23-17(10-12)21(29)13(2)22(32-23)15-5-4-8-26-11-15/h4-11,14,27H,1-3H3,(H,30,31)/t14-/m1/s1. The monoisotopic (exact) mass is 433 g/mol. The molecule has 8 heteroatoms. The Kier molecular flexibility index (Phi) is 5.44. The summed E-state index contributed by atoms with van der Waals surface area (Å²) in [6, 6.07) is 9.12. The van der Waals surface area contributed by atoms with Gasteiger partial charge < -0.3 is 14.8 Å². The van der Waals surface area contributed by atoms with E-state index in [1.54, 1.807) is 38.4 Å². The first-order valence-electron chi connectivity index (χ1n) is 9.91. The largest absolute Gasteiger partial charge is 0.476 e. The van der Waals surface area contributed by atoms with E-state index < -0.39 is 23.7 Å². The second kappa shape index (κ2) is 8.22. The van der Waals surface area contributed by atoms with Gasteiger partial charge in [-0.3, -0.25) is 9.78 Å². The zero-order valence-corrected chi connectivity index (χ0v) is 17.6. The molecule has 0 aliphatic carbocycles. The van der Waals surface area contributed by atoms with Gasteiger partial charge in [-0.15, -0.1) is 0 Å². The van der Waals surface area contributed by atoms with E-state index in [4.69, 9.17) is 4.42 Å². The first-order chi connectivity index (χ1) is 15.3. The molecule has 0 radical (unpaired) electrons. The smallest absolute Gasteiger partial charge is 0.356 e. The Morgan fingerprint density at radius 3 is 2.69 bits per heavy atom. The molecule has 0 bridgehead atoms. The lowest BCUT2D eigenvalue weighted by molar-refractivity contribution is 0.0690. The fraction of sp³-hybridized carbons (Fsp3) is 0.167. The third-order valence-electron chi connectivity index (χ3n) is 5.22. The van der Waals surface area contributed by atoms with Gasteiger partial charge in [-0.1, -0.05) is 6.07 Å². The van der Waals surface area contributed by atoms with E-state index in [1.807, 2.05) is 19.1 Å². The maximum absolute atomic E-state index is 13.5. The van der Waals surface area contributed by atoms with Gasteiger partial charge in [-0.2, -0.15) is 4.39 Å². The first-order valence-corrected chi connectivity index (χ1v) is 9.91. The van der Waals surface area contributed by atoms with Crippen molar-refractivity contribution in [2.24, 2.45) is 0 Å². The summed E-state index contributed by atoms with van der Waals surface area (Å²) in [4.78, 5) is 32.2. The van der Waals surface area contributed by atoms with Gasteiger partial charge >= 0.3 is 5.97 Å². The van der Waals surface area contributed by atoms with Gasteiger partial charge in [0.1, 0.15) is 11.3 Å². The number of fused-ring (bicyclic) bond motifs is 1. The van der Waals surface area contributed by atoms with Crippen molar-refractivity contribution < 1.29 is 18.7 Å². The van der Waals surface area contributed by atoms with Crippen molar-refractivity contribution in [3.8, 4) is 11.3 Å². The average molecular weight is 433 g/mol. The molecule has 3 aromatic heterocycles. The number of hydrogen-bond acceptors (Lipinski definition) is 6. The number of halogens is 1. The Hall–Kier alpha value is -4.07. The molecule has 0 saturated heterocycles. The number of rotatable bonds is 5. The number of nitrogens with one attached hydrogen (secondary N) is 1. The van der Waals surface area contributed by atoms with E-state index in [2.05, 4.69) is 15.3 Å². The minimum Gasteiger partial charge on any atom is -0.476 e. The highest BCUT2D eigenvalue weighted by Crippen LogP contribution is 2.32. The quantitative estimate of drug-likeness (QED) is 0.432. The molecule has 0 aliphatic rings. The molecule has 4 rings (SSSR count). The van der Waals surface area contributed by atoms with Crippen LogP contribution < -0.4 is 10.7 Å². The third kappa shape index (κ3) is 3.82. The molecule has 162 valence electrons. The zero-order chi connectivity index (χ0) is 23.0. The molecular formula is C24H20FN3O4. The number of carboxylic acid groups (broad SMARTS) is 1. The summed E-state index contributed by atoms with van der Waals surface area (Å²) in [5.41, 5.74) is 2.60. The second-order valence-electron chi connectivity index (χ2n) is 7.56. The molecule has 0 aliphatic heterocycles. The highest BCUT2D eigenvalue weighted by Gasteiger charge is 2.21. The molecule has 7 nitrogen and oxygen atoms in total. The maximum atomic E-state index is 13.5. The number of benzene rings is 1. The molecule has 1 aromatic carbocycles. The van der Waals surface area contributed by atoms with Crippen LogP contribution >= 0.6 is 0 Å². The summed E-state index contributed by atoms with van der Waals surface area (Å²) >= 11 is 0. The maximum Gasteiger partial charge on any atom is 0.356 e. The van der Waals surface area contributed by atoms with Crippen molar-refractivity contribution in [2.75, 3.05) is 5.32 Å². The number of aromatic carboxylic acids is 1. The molecule has 0 unspecified atom stereocenters. The van der Waals surface area contributed by atoms with Gasteiger partial charge in [-0.05, 0) is 56.7 Å². The number of carbonyl (C=O) groups is 1. The van der Waals surface area contributed by atoms with Crippen LogP contribution in [0.3, 0.4) is 0 Å². The normalized spacial score (nSPS) is 12.0. The van der Waals surface area contributed by atoms with Gasteiger partial charge in [0.15, 0.2) is 11.1 Å². The summed E-state index contributed by atoms with van der Waals surface area (Å²) in [5, 5.41) is 12.9. The minimum atomic E-state index is -1.35. The highest BCUT2D eigenvalue weighted by molar-refractivity contribution is 5.92. The summed E-state index contributed by atoms with van der Waals surface area (Å²) in [5.74, 6) is -1.82. The lowest BCUT2D eigenvalue weighted by Crippen LogP contribution is -2.15. The summed E-state index contributed by atoms with van der Waals surface area (Å²) in [7, 11) is 0. The second-order valence-corrected chi connectivity index (χ2v) is 7.56. The molecule has 3 heterocycles. The van der Waals surface area contributed by atoms with E-state index in [0.717, 1.165) is 11.6 Å². The van der Waals surface area contributed by atoms with E-state index in [1.165, 1.54) is 6.07 Å². The Balaban J connectivity index is 1.88. The van der Waals surface area contributed by atoms with Gasteiger partial charge in [0, 0.05) is 29.1 Å². The number of hydrogen-bond donors (Lipinski definition) is 2. The Labute approximate surface area is 182 Å². The van der Waals surface area contributed by atoms with Crippen LogP contribution in [0, 0.1) is 19.8 Å². The SMILES string of the molecule is Cc1cc([C@@H](C)Nc2ccc(F)nc2C(=O)O)c2oc(-c3cccnc3)c(C)c(=O)c2c1.